The zero-order valence-corrected chi connectivity index (χ0v) is 11.4. The first kappa shape index (κ1) is 13.5. The van der Waals surface area contributed by atoms with Gasteiger partial charge in [-0.05, 0) is 5.92 Å². The van der Waals surface area contributed by atoms with Crippen LogP contribution in [0.15, 0.2) is 4.79 Å². The van der Waals surface area contributed by atoms with Gasteiger partial charge in [0, 0.05) is 19.5 Å². The summed E-state index contributed by atoms with van der Waals surface area (Å²) in [6.45, 7) is 8.03. The summed E-state index contributed by atoms with van der Waals surface area (Å²) < 4.78 is 1.05. The minimum Gasteiger partial charge on any atom is -0.346 e. The number of nitrogen functional groups attached to an aromatic ring is 1. The van der Waals surface area contributed by atoms with Gasteiger partial charge in [-0.1, -0.05) is 27.7 Å². The van der Waals surface area contributed by atoms with Crippen LogP contribution in [0.3, 0.4) is 0 Å². The molecular weight excluding hydrogens is 218 g/mol. The number of hydrogen-bond acceptors (Lipinski definition) is 5. The molecule has 0 aliphatic rings. The van der Waals surface area contributed by atoms with Crippen LogP contribution in [-0.4, -0.2) is 29.0 Å². The van der Waals surface area contributed by atoms with Crippen molar-refractivity contribution in [3.63, 3.8) is 0 Å². The summed E-state index contributed by atoms with van der Waals surface area (Å²) in [4.78, 5) is 13.8. The van der Waals surface area contributed by atoms with E-state index in [0.717, 1.165) is 4.68 Å². The molecular formula is C11H21N5O. The third kappa shape index (κ3) is 2.25. The Morgan fingerprint density at radius 3 is 2.24 bits per heavy atom. The monoisotopic (exact) mass is 239 g/mol. The zero-order chi connectivity index (χ0) is 13.4. The van der Waals surface area contributed by atoms with E-state index in [-0.39, 0.29) is 16.9 Å². The van der Waals surface area contributed by atoms with E-state index in [1.807, 2.05) is 27.7 Å². The molecule has 0 saturated carbocycles. The number of nitrogens with zero attached hydrogens (tertiary/aromatic N) is 4. The molecule has 1 aromatic heterocycles. The molecule has 0 radical (unpaired) electrons. The van der Waals surface area contributed by atoms with Gasteiger partial charge in [0.05, 0.1) is 0 Å². The molecule has 0 amide bonds. The van der Waals surface area contributed by atoms with Crippen molar-refractivity contribution in [3.05, 3.63) is 16.0 Å². The lowest BCUT2D eigenvalue weighted by Gasteiger charge is -2.28. The Labute approximate surface area is 101 Å². The van der Waals surface area contributed by atoms with E-state index < -0.39 is 0 Å². The lowest BCUT2D eigenvalue weighted by molar-refractivity contribution is 0.352. The molecule has 0 atom stereocenters. The maximum absolute atomic E-state index is 12.2. The van der Waals surface area contributed by atoms with E-state index in [2.05, 4.69) is 10.2 Å². The van der Waals surface area contributed by atoms with Gasteiger partial charge < -0.3 is 10.7 Å². The van der Waals surface area contributed by atoms with Crippen LogP contribution in [0.25, 0.3) is 0 Å². The molecule has 2 N–H and O–H groups in total. The van der Waals surface area contributed by atoms with Crippen LogP contribution >= 0.6 is 0 Å². The number of hydrogen-bond donors (Lipinski definition) is 1. The SMILES string of the molecule is CC(C)C(C)(C)c1nnc(N(C)C)n(N)c1=O. The van der Waals surface area contributed by atoms with Gasteiger partial charge in [-0.25, -0.2) is 0 Å². The molecule has 0 aromatic carbocycles. The summed E-state index contributed by atoms with van der Waals surface area (Å²) in [5, 5.41) is 8.05. The minimum absolute atomic E-state index is 0.273. The quantitative estimate of drug-likeness (QED) is 0.770. The van der Waals surface area contributed by atoms with Crippen LogP contribution in [0.2, 0.25) is 0 Å². The highest BCUT2D eigenvalue weighted by Crippen LogP contribution is 2.27. The lowest BCUT2D eigenvalue weighted by Crippen LogP contribution is -2.42. The molecule has 1 rings (SSSR count). The Morgan fingerprint density at radius 2 is 1.82 bits per heavy atom. The van der Waals surface area contributed by atoms with Gasteiger partial charge in [-0.15, -0.1) is 10.2 Å². The summed E-state index contributed by atoms with van der Waals surface area (Å²) in [6.07, 6.45) is 0. The predicted molar refractivity (Wildman–Crippen MR) is 68.6 cm³/mol. The summed E-state index contributed by atoms with van der Waals surface area (Å²) in [7, 11) is 3.53. The molecule has 0 saturated heterocycles. The Bertz CT molecular complexity index is 461. The first-order valence-corrected chi connectivity index (χ1v) is 5.62. The van der Waals surface area contributed by atoms with E-state index in [1.54, 1.807) is 19.0 Å². The molecule has 0 aliphatic carbocycles. The molecule has 1 heterocycles. The third-order valence-electron chi connectivity index (χ3n) is 3.33. The average Bonchev–Trinajstić information content (AvgIpc) is 2.20. The van der Waals surface area contributed by atoms with Crippen molar-refractivity contribution >= 4 is 5.95 Å². The van der Waals surface area contributed by atoms with Crippen molar-refractivity contribution in [3.8, 4) is 0 Å². The van der Waals surface area contributed by atoms with Crippen LogP contribution in [0.4, 0.5) is 5.95 Å². The Hall–Kier alpha value is -1.59. The fraction of sp³-hybridized carbons (Fsp3) is 0.727. The molecule has 0 spiro atoms. The molecule has 0 bridgehead atoms. The Balaban J connectivity index is 3.42. The maximum Gasteiger partial charge on any atom is 0.295 e. The fourth-order valence-corrected chi connectivity index (χ4v) is 1.37. The van der Waals surface area contributed by atoms with E-state index in [9.17, 15) is 4.79 Å². The van der Waals surface area contributed by atoms with Gasteiger partial charge >= 0.3 is 0 Å². The van der Waals surface area contributed by atoms with Crippen LogP contribution in [0.1, 0.15) is 33.4 Å². The van der Waals surface area contributed by atoms with E-state index in [1.165, 1.54) is 0 Å². The van der Waals surface area contributed by atoms with E-state index in [4.69, 9.17) is 5.84 Å². The highest BCUT2D eigenvalue weighted by atomic mass is 16.1. The standard InChI is InChI=1S/C11H21N5O/c1-7(2)11(3,4)8-9(17)16(12)10(14-13-8)15(5)6/h7H,12H2,1-6H3. The molecule has 6 heteroatoms. The molecule has 1 aromatic rings. The van der Waals surface area contributed by atoms with E-state index in [0.29, 0.717) is 11.6 Å². The number of nitrogens with two attached hydrogens (primary N) is 1. The molecule has 0 fully saturated rings. The number of aromatic nitrogens is 3. The zero-order valence-electron chi connectivity index (χ0n) is 11.4. The van der Waals surface area contributed by atoms with Crippen LogP contribution < -0.4 is 16.3 Å². The summed E-state index contributed by atoms with van der Waals surface area (Å²) in [5.41, 5.74) is -0.237. The van der Waals surface area contributed by atoms with Gasteiger partial charge in [0.15, 0.2) is 0 Å². The van der Waals surface area contributed by atoms with Crippen molar-refractivity contribution < 1.29 is 0 Å². The summed E-state index contributed by atoms with van der Waals surface area (Å²) in [6, 6.07) is 0. The maximum atomic E-state index is 12.2. The highest BCUT2D eigenvalue weighted by molar-refractivity contribution is 5.28. The summed E-state index contributed by atoms with van der Waals surface area (Å²) in [5.74, 6) is 6.36. The fourth-order valence-electron chi connectivity index (χ4n) is 1.37. The largest absolute Gasteiger partial charge is 0.346 e. The van der Waals surface area contributed by atoms with Gasteiger partial charge in [0.1, 0.15) is 5.69 Å². The van der Waals surface area contributed by atoms with Gasteiger partial charge in [0.2, 0.25) is 5.95 Å². The highest BCUT2D eigenvalue weighted by Gasteiger charge is 2.31. The Morgan fingerprint density at radius 1 is 1.29 bits per heavy atom. The molecule has 0 unspecified atom stereocenters. The van der Waals surface area contributed by atoms with Crippen molar-refractivity contribution in [2.75, 3.05) is 24.8 Å². The second kappa shape index (κ2) is 4.35. The smallest absolute Gasteiger partial charge is 0.295 e. The first-order chi connectivity index (χ1) is 7.69. The topological polar surface area (TPSA) is 77.0 Å². The number of anilines is 1. The van der Waals surface area contributed by atoms with Crippen LogP contribution in [0.5, 0.6) is 0 Å². The van der Waals surface area contributed by atoms with Crippen molar-refractivity contribution in [2.24, 2.45) is 5.92 Å². The number of rotatable bonds is 3. The molecule has 6 nitrogen and oxygen atoms in total. The Kier molecular flexibility index (Phi) is 3.45. The van der Waals surface area contributed by atoms with Crippen molar-refractivity contribution in [1.82, 2.24) is 14.9 Å². The lowest BCUT2D eigenvalue weighted by atomic mass is 9.78. The minimum atomic E-state index is -0.351. The second-order valence-corrected chi connectivity index (χ2v) is 5.29. The van der Waals surface area contributed by atoms with Crippen molar-refractivity contribution in [2.45, 2.75) is 33.1 Å². The average molecular weight is 239 g/mol. The predicted octanol–water partition coefficient (Wildman–Crippen LogP) is 0.352. The molecule has 0 aliphatic heterocycles. The normalized spacial score (nSPS) is 11.9. The molecule has 17 heavy (non-hydrogen) atoms. The van der Waals surface area contributed by atoms with Crippen molar-refractivity contribution in [1.29, 1.82) is 0 Å². The van der Waals surface area contributed by atoms with E-state index >= 15 is 0 Å². The molecule has 96 valence electrons. The first-order valence-electron chi connectivity index (χ1n) is 5.62. The van der Waals surface area contributed by atoms with Crippen LogP contribution in [-0.2, 0) is 5.41 Å². The van der Waals surface area contributed by atoms with Gasteiger partial charge in [-0.3, -0.25) is 4.79 Å². The van der Waals surface area contributed by atoms with Gasteiger partial charge in [0.25, 0.3) is 5.56 Å². The second-order valence-electron chi connectivity index (χ2n) is 5.29. The van der Waals surface area contributed by atoms with Gasteiger partial charge in [-0.2, -0.15) is 4.68 Å². The third-order valence-corrected chi connectivity index (χ3v) is 3.33. The van der Waals surface area contributed by atoms with Crippen LogP contribution in [0, 0.1) is 5.92 Å². The summed E-state index contributed by atoms with van der Waals surface area (Å²) >= 11 is 0.